The van der Waals surface area contributed by atoms with Crippen LogP contribution in [0.5, 0.6) is 0 Å². The average molecular weight is 163 g/mol. The molecule has 60 valence electrons. The van der Waals surface area contributed by atoms with Gasteiger partial charge in [-0.25, -0.2) is 4.39 Å². The summed E-state index contributed by atoms with van der Waals surface area (Å²) in [6.45, 7) is 1.66. The van der Waals surface area contributed by atoms with Crippen molar-refractivity contribution in [2.24, 2.45) is 0 Å². The van der Waals surface area contributed by atoms with Crippen LogP contribution >= 0.6 is 11.8 Å². The molecule has 0 aromatic rings. The van der Waals surface area contributed by atoms with Crippen molar-refractivity contribution in [2.45, 2.75) is 17.8 Å². The van der Waals surface area contributed by atoms with Gasteiger partial charge in [0, 0.05) is 11.8 Å². The highest BCUT2D eigenvalue weighted by Crippen LogP contribution is 2.22. The molecule has 1 aliphatic rings. The van der Waals surface area contributed by atoms with E-state index in [1.165, 1.54) is 0 Å². The highest BCUT2D eigenvalue weighted by molar-refractivity contribution is 7.99. The molecule has 2 unspecified atom stereocenters. The largest absolute Gasteiger partial charge is 0.303 e. The quantitative estimate of drug-likeness (QED) is 0.574. The van der Waals surface area contributed by atoms with Gasteiger partial charge in [-0.2, -0.15) is 11.8 Å². The van der Waals surface area contributed by atoms with E-state index >= 15 is 0 Å². The van der Waals surface area contributed by atoms with Crippen molar-refractivity contribution in [2.75, 3.05) is 26.4 Å². The molecule has 3 heteroatoms. The summed E-state index contributed by atoms with van der Waals surface area (Å²) in [4.78, 5) is 2.05. The Morgan fingerprint density at radius 1 is 1.60 bits per heavy atom. The van der Waals surface area contributed by atoms with Crippen LogP contribution in [-0.4, -0.2) is 42.7 Å². The van der Waals surface area contributed by atoms with E-state index in [1.54, 1.807) is 11.8 Å². The molecule has 0 aromatic carbocycles. The fourth-order valence-electron chi connectivity index (χ4n) is 1.30. The van der Waals surface area contributed by atoms with E-state index in [1.807, 2.05) is 13.3 Å². The van der Waals surface area contributed by atoms with E-state index < -0.39 is 6.17 Å². The second-order valence-electron chi connectivity index (χ2n) is 2.84. The molecule has 10 heavy (non-hydrogen) atoms. The van der Waals surface area contributed by atoms with Crippen molar-refractivity contribution in [1.29, 1.82) is 0 Å². The molecule has 2 atom stereocenters. The van der Waals surface area contributed by atoms with E-state index in [9.17, 15) is 4.39 Å². The lowest BCUT2D eigenvalue weighted by atomic mass is 10.1. The van der Waals surface area contributed by atoms with Crippen molar-refractivity contribution in [3.63, 3.8) is 0 Å². The van der Waals surface area contributed by atoms with Crippen LogP contribution in [0.1, 0.15) is 6.42 Å². The molecule has 0 amide bonds. The zero-order valence-electron chi connectivity index (χ0n) is 6.51. The van der Waals surface area contributed by atoms with E-state index in [-0.39, 0.29) is 5.25 Å². The van der Waals surface area contributed by atoms with E-state index in [2.05, 4.69) is 4.90 Å². The van der Waals surface area contributed by atoms with Crippen molar-refractivity contribution in [3.05, 3.63) is 0 Å². The Kier molecular flexibility index (Phi) is 2.98. The number of piperidine rings is 1. The third-order valence-corrected chi connectivity index (χ3v) is 3.12. The van der Waals surface area contributed by atoms with Crippen LogP contribution in [0, 0.1) is 0 Å². The first-order valence-corrected chi connectivity index (χ1v) is 4.88. The first-order chi connectivity index (χ1) is 4.74. The van der Waals surface area contributed by atoms with Crippen molar-refractivity contribution in [3.8, 4) is 0 Å². The summed E-state index contributed by atoms with van der Waals surface area (Å²) in [7, 11) is 1.98. The number of hydrogen-bond donors (Lipinski definition) is 0. The summed E-state index contributed by atoms with van der Waals surface area (Å²) in [5, 5.41) is 0.246. The lowest BCUT2D eigenvalue weighted by Crippen LogP contribution is -2.40. The number of halogens is 1. The van der Waals surface area contributed by atoms with Crippen LogP contribution in [0.4, 0.5) is 4.39 Å². The summed E-state index contributed by atoms with van der Waals surface area (Å²) < 4.78 is 13.0. The average Bonchev–Trinajstić information content (AvgIpc) is 1.88. The molecule has 0 aromatic heterocycles. The van der Waals surface area contributed by atoms with Gasteiger partial charge in [0.25, 0.3) is 0 Å². The van der Waals surface area contributed by atoms with Crippen LogP contribution in [0.25, 0.3) is 0 Å². The van der Waals surface area contributed by atoms with E-state index in [0.29, 0.717) is 6.54 Å². The highest BCUT2D eigenvalue weighted by Gasteiger charge is 2.26. The van der Waals surface area contributed by atoms with Gasteiger partial charge in [-0.05, 0) is 26.3 Å². The maximum Gasteiger partial charge on any atom is 0.125 e. The highest BCUT2D eigenvalue weighted by atomic mass is 32.2. The third-order valence-electron chi connectivity index (χ3n) is 1.99. The van der Waals surface area contributed by atoms with Gasteiger partial charge in [-0.1, -0.05) is 0 Å². The summed E-state index contributed by atoms with van der Waals surface area (Å²) >= 11 is 1.65. The van der Waals surface area contributed by atoms with Gasteiger partial charge in [0.05, 0.1) is 0 Å². The Hall–Kier alpha value is 0.240. The Bertz CT molecular complexity index is 110. The summed E-state index contributed by atoms with van der Waals surface area (Å²) in [6.07, 6.45) is 2.37. The van der Waals surface area contributed by atoms with Gasteiger partial charge in [-0.15, -0.1) is 0 Å². The fourth-order valence-corrected chi connectivity index (χ4v) is 2.02. The number of likely N-dealkylation sites (tertiary alicyclic amines) is 1. The summed E-state index contributed by atoms with van der Waals surface area (Å²) in [5.41, 5.74) is 0. The van der Waals surface area contributed by atoms with E-state index in [0.717, 1.165) is 13.0 Å². The minimum Gasteiger partial charge on any atom is -0.303 e. The standard InChI is InChI=1S/C7H14FNS/c1-9-4-3-7(10-2)6(8)5-9/h6-7H,3-5H2,1-2H3. The number of hydrogen-bond acceptors (Lipinski definition) is 2. The fraction of sp³-hybridized carbons (Fsp3) is 1.00. The Morgan fingerprint density at radius 2 is 2.30 bits per heavy atom. The maximum atomic E-state index is 13.0. The van der Waals surface area contributed by atoms with E-state index in [4.69, 9.17) is 0 Å². The van der Waals surface area contributed by atoms with Gasteiger partial charge < -0.3 is 4.90 Å². The SMILES string of the molecule is CSC1CCN(C)CC1F. The molecule has 0 radical (unpaired) electrons. The van der Waals surface area contributed by atoms with Crippen LogP contribution in [-0.2, 0) is 0 Å². The smallest absolute Gasteiger partial charge is 0.125 e. The zero-order valence-corrected chi connectivity index (χ0v) is 7.33. The van der Waals surface area contributed by atoms with Crippen molar-refractivity contribution in [1.82, 2.24) is 4.90 Å². The van der Waals surface area contributed by atoms with Crippen LogP contribution in [0.15, 0.2) is 0 Å². The monoisotopic (exact) mass is 163 g/mol. The van der Waals surface area contributed by atoms with Crippen LogP contribution in [0.2, 0.25) is 0 Å². The minimum absolute atomic E-state index is 0.246. The molecule has 1 fully saturated rings. The number of nitrogens with zero attached hydrogens (tertiary/aromatic N) is 1. The number of thioether (sulfide) groups is 1. The second-order valence-corrected chi connectivity index (χ2v) is 3.92. The maximum absolute atomic E-state index is 13.0. The molecule has 1 aliphatic heterocycles. The summed E-state index contributed by atoms with van der Waals surface area (Å²) in [6, 6.07) is 0. The van der Waals surface area contributed by atoms with Gasteiger partial charge in [0.2, 0.25) is 0 Å². The molecular weight excluding hydrogens is 149 g/mol. The van der Waals surface area contributed by atoms with Crippen molar-refractivity contribution < 1.29 is 4.39 Å². The van der Waals surface area contributed by atoms with Gasteiger partial charge >= 0.3 is 0 Å². The number of rotatable bonds is 1. The zero-order chi connectivity index (χ0) is 7.56. The molecule has 0 N–H and O–H groups in total. The molecular formula is C7H14FNS. The Balaban J connectivity index is 2.36. The lowest BCUT2D eigenvalue weighted by molar-refractivity contribution is 0.170. The predicted octanol–water partition coefficient (Wildman–Crippen LogP) is 1.39. The van der Waals surface area contributed by atoms with Gasteiger partial charge in [-0.3, -0.25) is 0 Å². The first kappa shape index (κ1) is 8.34. The third kappa shape index (κ3) is 1.86. The Labute approximate surface area is 66.0 Å². The molecule has 1 saturated heterocycles. The normalized spacial score (nSPS) is 36.3. The first-order valence-electron chi connectivity index (χ1n) is 3.59. The van der Waals surface area contributed by atoms with Crippen LogP contribution in [0.3, 0.4) is 0 Å². The molecule has 0 saturated carbocycles. The summed E-state index contributed by atoms with van der Waals surface area (Å²) in [5.74, 6) is 0. The molecule has 1 nitrogen and oxygen atoms in total. The van der Waals surface area contributed by atoms with Gasteiger partial charge in [0.15, 0.2) is 0 Å². The van der Waals surface area contributed by atoms with Crippen molar-refractivity contribution >= 4 is 11.8 Å². The lowest BCUT2D eigenvalue weighted by Gasteiger charge is -2.30. The topological polar surface area (TPSA) is 3.24 Å². The second kappa shape index (κ2) is 3.58. The number of alkyl halides is 1. The molecule has 1 heterocycles. The molecule has 1 rings (SSSR count). The molecule has 0 bridgehead atoms. The van der Waals surface area contributed by atoms with Crippen LogP contribution < -0.4 is 0 Å². The predicted molar refractivity (Wildman–Crippen MR) is 44.3 cm³/mol. The molecule has 0 spiro atoms. The Morgan fingerprint density at radius 3 is 2.80 bits per heavy atom. The molecule has 0 aliphatic carbocycles. The minimum atomic E-state index is -0.617. The van der Waals surface area contributed by atoms with Gasteiger partial charge in [0.1, 0.15) is 6.17 Å².